The molecule has 0 aromatic heterocycles. The van der Waals surface area contributed by atoms with Gasteiger partial charge in [-0.25, -0.2) is 0 Å². The minimum absolute atomic E-state index is 0.189. The molecule has 0 spiro atoms. The molecule has 0 rings (SSSR count). The monoisotopic (exact) mass is 526 g/mol. The Labute approximate surface area is 215 Å². The summed E-state index contributed by atoms with van der Waals surface area (Å²) in [4.78, 5) is 23.4. The highest BCUT2D eigenvalue weighted by Crippen LogP contribution is 2.03. The zero-order chi connectivity index (χ0) is 26.4. The lowest BCUT2D eigenvalue weighted by Crippen LogP contribution is -2.15. The van der Waals surface area contributed by atoms with Crippen molar-refractivity contribution in [3.63, 3.8) is 0 Å². The molecule has 0 aromatic rings. The second kappa shape index (κ2) is 29.8. The molecule has 12 nitrogen and oxygen atoms in total. The van der Waals surface area contributed by atoms with E-state index in [-0.39, 0.29) is 38.0 Å². The van der Waals surface area contributed by atoms with Gasteiger partial charge in [0, 0.05) is 27.1 Å². The highest BCUT2D eigenvalue weighted by Gasteiger charge is 2.06. The largest absolute Gasteiger partial charge is 0.463 e. The van der Waals surface area contributed by atoms with Gasteiger partial charge in [0.25, 0.3) is 0 Å². The molecule has 0 aliphatic carbocycles. The van der Waals surface area contributed by atoms with E-state index in [0.29, 0.717) is 105 Å². The van der Waals surface area contributed by atoms with Crippen LogP contribution < -0.4 is 0 Å². The van der Waals surface area contributed by atoms with Crippen LogP contribution in [0.5, 0.6) is 0 Å². The Morgan fingerprint density at radius 3 is 0.917 bits per heavy atom. The second-order valence-corrected chi connectivity index (χ2v) is 7.31. The van der Waals surface area contributed by atoms with Crippen molar-refractivity contribution >= 4 is 11.9 Å². The molecule has 36 heavy (non-hydrogen) atoms. The highest BCUT2D eigenvalue weighted by molar-refractivity contribution is 5.70. The molecule has 0 atom stereocenters. The predicted octanol–water partition coefficient (Wildman–Crippen LogP) is 1.03. The lowest BCUT2D eigenvalue weighted by molar-refractivity contribution is -0.147. The summed E-state index contributed by atoms with van der Waals surface area (Å²) in [6.45, 7) is 6.96. The first kappa shape index (κ1) is 34.6. The summed E-state index contributed by atoms with van der Waals surface area (Å²) >= 11 is 0. The van der Waals surface area contributed by atoms with Gasteiger partial charge in [0.05, 0.1) is 92.5 Å². The number of hydrogen-bond acceptors (Lipinski definition) is 12. The number of ether oxygens (including phenoxy) is 10. The molecule has 0 aliphatic heterocycles. The van der Waals surface area contributed by atoms with Gasteiger partial charge in [0.2, 0.25) is 0 Å². The number of carbonyl (C=O) groups excluding carboxylic acids is 2. The Balaban J connectivity index is 3.27. The van der Waals surface area contributed by atoms with Crippen molar-refractivity contribution in [2.24, 2.45) is 0 Å². The SMILES string of the molecule is COCCOCCOCCOCCOC(=O)CCCCC(=O)OCCOCCOCCOCCOC. The van der Waals surface area contributed by atoms with Gasteiger partial charge < -0.3 is 47.4 Å². The van der Waals surface area contributed by atoms with Crippen LogP contribution in [0.15, 0.2) is 0 Å². The molecule has 0 heterocycles. The third-order valence-corrected chi connectivity index (χ3v) is 4.34. The maximum atomic E-state index is 11.7. The second-order valence-electron chi connectivity index (χ2n) is 7.31. The third kappa shape index (κ3) is 28.9. The van der Waals surface area contributed by atoms with Gasteiger partial charge in [-0.2, -0.15) is 0 Å². The first-order valence-electron chi connectivity index (χ1n) is 12.5. The fourth-order valence-electron chi connectivity index (χ4n) is 2.48. The molecule has 0 bridgehead atoms. The van der Waals surface area contributed by atoms with E-state index in [1.54, 1.807) is 14.2 Å². The summed E-state index contributed by atoms with van der Waals surface area (Å²) in [5.41, 5.74) is 0. The first-order valence-corrected chi connectivity index (χ1v) is 12.5. The van der Waals surface area contributed by atoms with Crippen molar-refractivity contribution in [2.45, 2.75) is 25.7 Å². The molecule has 0 radical (unpaired) electrons. The van der Waals surface area contributed by atoms with Crippen LogP contribution in [0, 0.1) is 0 Å². The maximum Gasteiger partial charge on any atom is 0.305 e. The van der Waals surface area contributed by atoms with Crippen LogP contribution in [0.1, 0.15) is 25.7 Å². The maximum absolute atomic E-state index is 11.7. The van der Waals surface area contributed by atoms with Gasteiger partial charge in [-0.1, -0.05) is 0 Å². The average molecular weight is 527 g/mol. The topological polar surface area (TPSA) is 126 Å². The van der Waals surface area contributed by atoms with E-state index in [1.807, 2.05) is 0 Å². The van der Waals surface area contributed by atoms with E-state index < -0.39 is 0 Å². The summed E-state index contributed by atoms with van der Waals surface area (Å²) in [6, 6.07) is 0. The Morgan fingerprint density at radius 1 is 0.389 bits per heavy atom. The normalized spacial score (nSPS) is 11.1. The standard InChI is InChI=1S/C24H46O12/c1-27-7-9-29-11-13-31-15-17-33-19-21-35-23(25)5-3-4-6-24(26)36-22-20-34-18-16-32-14-12-30-10-8-28-2/h3-22H2,1-2H3. The quantitative estimate of drug-likeness (QED) is 0.102. The first-order chi connectivity index (χ1) is 17.7. The number of rotatable bonds is 29. The number of hydrogen-bond donors (Lipinski definition) is 0. The van der Waals surface area contributed by atoms with Gasteiger partial charge in [0.1, 0.15) is 13.2 Å². The van der Waals surface area contributed by atoms with Crippen molar-refractivity contribution < 1.29 is 57.0 Å². The molecule has 0 N–H and O–H groups in total. The molecular formula is C24H46O12. The van der Waals surface area contributed by atoms with Crippen molar-refractivity contribution in [1.29, 1.82) is 0 Å². The highest BCUT2D eigenvalue weighted by atomic mass is 16.6. The summed E-state index contributed by atoms with van der Waals surface area (Å²) in [6.07, 6.45) is 1.61. The van der Waals surface area contributed by atoms with E-state index in [1.165, 1.54) is 0 Å². The molecule has 214 valence electrons. The summed E-state index contributed by atoms with van der Waals surface area (Å²) in [5, 5.41) is 0. The Kier molecular flexibility index (Phi) is 28.7. The van der Waals surface area contributed by atoms with Crippen molar-refractivity contribution in [1.82, 2.24) is 0 Å². The van der Waals surface area contributed by atoms with Crippen LogP contribution in [0.25, 0.3) is 0 Å². The number of carbonyl (C=O) groups is 2. The van der Waals surface area contributed by atoms with Gasteiger partial charge >= 0.3 is 11.9 Å². The van der Waals surface area contributed by atoms with Gasteiger partial charge in [-0.15, -0.1) is 0 Å². The van der Waals surface area contributed by atoms with Crippen LogP contribution in [-0.4, -0.2) is 132 Å². The van der Waals surface area contributed by atoms with Crippen molar-refractivity contribution in [3.05, 3.63) is 0 Å². The number of methoxy groups -OCH3 is 2. The van der Waals surface area contributed by atoms with E-state index >= 15 is 0 Å². The van der Waals surface area contributed by atoms with E-state index in [4.69, 9.17) is 47.4 Å². The molecule has 0 fully saturated rings. The Morgan fingerprint density at radius 2 is 0.639 bits per heavy atom. The fraction of sp³-hybridized carbons (Fsp3) is 0.917. The number of esters is 2. The lowest BCUT2D eigenvalue weighted by atomic mass is 10.2. The number of unbranched alkanes of at least 4 members (excludes halogenated alkanes) is 1. The molecule has 0 saturated carbocycles. The van der Waals surface area contributed by atoms with Crippen LogP contribution in [0.2, 0.25) is 0 Å². The molecule has 0 unspecified atom stereocenters. The zero-order valence-corrected chi connectivity index (χ0v) is 22.0. The minimum Gasteiger partial charge on any atom is -0.463 e. The van der Waals surface area contributed by atoms with E-state index in [2.05, 4.69) is 0 Å². The Bertz CT molecular complexity index is 436. The molecular weight excluding hydrogens is 480 g/mol. The molecule has 0 aliphatic rings. The fourth-order valence-corrected chi connectivity index (χ4v) is 2.48. The van der Waals surface area contributed by atoms with Gasteiger partial charge in [0.15, 0.2) is 0 Å². The molecule has 12 heteroatoms. The van der Waals surface area contributed by atoms with Crippen molar-refractivity contribution in [2.75, 3.05) is 120 Å². The van der Waals surface area contributed by atoms with Crippen LogP contribution in [0.4, 0.5) is 0 Å². The van der Waals surface area contributed by atoms with Crippen LogP contribution in [-0.2, 0) is 57.0 Å². The van der Waals surface area contributed by atoms with E-state index in [9.17, 15) is 9.59 Å². The van der Waals surface area contributed by atoms with Crippen molar-refractivity contribution in [3.8, 4) is 0 Å². The summed E-state index contributed by atoms with van der Waals surface area (Å²) < 4.78 is 51.8. The summed E-state index contributed by atoms with van der Waals surface area (Å²) in [5.74, 6) is -0.623. The zero-order valence-electron chi connectivity index (χ0n) is 22.0. The minimum atomic E-state index is -0.311. The third-order valence-electron chi connectivity index (χ3n) is 4.34. The van der Waals surface area contributed by atoms with Crippen LogP contribution >= 0.6 is 0 Å². The summed E-state index contributed by atoms with van der Waals surface area (Å²) in [7, 11) is 3.25. The van der Waals surface area contributed by atoms with Gasteiger partial charge in [-0.05, 0) is 12.8 Å². The molecule has 0 aromatic carbocycles. The molecule has 0 saturated heterocycles. The predicted molar refractivity (Wildman–Crippen MR) is 129 cm³/mol. The average Bonchev–Trinajstić information content (AvgIpc) is 2.88. The Hall–Kier alpha value is -1.38. The molecule has 0 amide bonds. The van der Waals surface area contributed by atoms with E-state index in [0.717, 1.165) is 0 Å². The smallest absolute Gasteiger partial charge is 0.305 e. The van der Waals surface area contributed by atoms with Gasteiger partial charge in [-0.3, -0.25) is 9.59 Å². The van der Waals surface area contributed by atoms with Crippen LogP contribution in [0.3, 0.4) is 0 Å². The lowest BCUT2D eigenvalue weighted by Gasteiger charge is -2.08.